The van der Waals surface area contributed by atoms with E-state index in [4.69, 9.17) is 5.26 Å². The standard InChI is InChI=1S/C8H13BrN2O/c1-7(9)8(12)11-6-4-2-3-5-10/h7H,2-4,6H2,1H3,(H,11,12). The molecule has 0 radical (unpaired) electrons. The summed E-state index contributed by atoms with van der Waals surface area (Å²) in [6, 6.07) is 2.06. The molecule has 0 aliphatic carbocycles. The maximum atomic E-state index is 11.0. The van der Waals surface area contributed by atoms with Crippen LogP contribution in [0.4, 0.5) is 0 Å². The van der Waals surface area contributed by atoms with Gasteiger partial charge in [-0.1, -0.05) is 15.9 Å². The number of rotatable bonds is 5. The summed E-state index contributed by atoms with van der Waals surface area (Å²) in [5.74, 6) is 0.00644. The van der Waals surface area contributed by atoms with E-state index in [-0.39, 0.29) is 10.7 Å². The molecule has 0 heterocycles. The summed E-state index contributed by atoms with van der Waals surface area (Å²) in [5, 5.41) is 11.0. The third-order valence-corrected chi connectivity index (χ3v) is 1.79. The molecule has 1 N–H and O–H groups in total. The molecular weight excluding hydrogens is 220 g/mol. The van der Waals surface area contributed by atoms with E-state index in [9.17, 15) is 4.79 Å². The summed E-state index contributed by atoms with van der Waals surface area (Å²) in [6.07, 6.45) is 2.30. The fraction of sp³-hybridized carbons (Fsp3) is 0.750. The number of alkyl halides is 1. The summed E-state index contributed by atoms with van der Waals surface area (Å²) in [5.41, 5.74) is 0. The Kier molecular flexibility index (Phi) is 6.78. The van der Waals surface area contributed by atoms with Crippen LogP contribution < -0.4 is 5.32 Å². The molecular formula is C8H13BrN2O. The van der Waals surface area contributed by atoms with Crippen LogP contribution in [-0.2, 0) is 4.79 Å². The van der Waals surface area contributed by atoms with Crippen LogP contribution in [0.15, 0.2) is 0 Å². The Labute approximate surface area is 81.3 Å². The number of amides is 1. The van der Waals surface area contributed by atoms with Gasteiger partial charge in [0.1, 0.15) is 0 Å². The lowest BCUT2D eigenvalue weighted by Crippen LogP contribution is -2.30. The summed E-state index contributed by atoms with van der Waals surface area (Å²) in [4.78, 5) is 10.8. The molecule has 0 aromatic carbocycles. The van der Waals surface area contributed by atoms with Gasteiger partial charge in [0.15, 0.2) is 0 Å². The molecule has 12 heavy (non-hydrogen) atoms. The van der Waals surface area contributed by atoms with Crippen LogP contribution in [-0.4, -0.2) is 17.3 Å². The molecule has 0 saturated carbocycles. The second-order valence-electron chi connectivity index (χ2n) is 2.52. The van der Waals surface area contributed by atoms with E-state index in [1.165, 1.54) is 0 Å². The van der Waals surface area contributed by atoms with Crippen LogP contribution in [0.1, 0.15) is 26.2 Å². The minimum Gasteiger partial charge on any atom is -0.355 e. The Hall–Kier alpha value is -0.560. The highest BCUT2D eigenvalue weighted by molar-refractivity contribution is 9.10. The van der Waals surface area contributed by atoms with Gasteiger partial charge in [-0.05, 0) is 19.8 Å². The zero-order chi connectivity index (χ0) is 9.40. The lowest BCUT2D eigenvalue weighted by molar-refractivity contribution is -0.120. The highest BCUT2D eigenvalue weighted by Gasteiger charge is 2.05. The Morgan fingerprint density at radius 1 is 1.67 bits per heavy atom. The highest BCUT2D eigenvalue weighted by atomic mass is 79.9. The molecule has 0 spiro atoms. The molecule has 0 rings (SSSR count). The summed E-state index contributed by atoms with van der Waals surface area (Å²) in [6.45, 7) is 2.45. The third kappa shape index (κ3) is 6.17. The maximum Gasteiger partial charge on any atom is 0.233 e. The van der Waals surface area contributed by atoms with Gasteiger partial charge in [-0.3, -0.25) is 4.79 Å². The van der Waals surface area contributed by atoms with Crippen molar-refractivity contribution in [1.82, 2.24) is 5.32 Å². The normalized spacial score (nSPS) is 11.8. The van der Waals surface area contributed by atoms with Crippen molar-refractivity contribution in [2.24, 2.45) is 0 Å². The molecule has 1 unspecified atom stereocenters. The van der Waals surface area contributed by atoms with Crippen molar-refractivity contribution < 1.29 is 4.79 Å². The Morgan fingerprint density at radius 2 is 2.33 bits per heavy atom. The Balaban J connectivity index is 3.21. The van der Waals surface area contributed by atoms with Gasteiger partial charge >= 0.3 is 0 Å². The number of hydrogen-bond acceptors (Lipinski definition) is 2. The molecule has 0 aromatic rings. The Morgan fingerprint density at radius 3 is 2.83 bits per heavy atom. The van der Waals surface area contributed by atoms with E-state index in [2.05, 4.69) is 27.3 Å². The first-order valence-electron chi connectivity index (χ1n) is 3.97. The van der Waals surface area contributed by atoms with Crippen molar-refractivity contribution in [2.45, 2.75) is 31.0 Å². The molecule has 0 aromatic heterocycles. The lowest BCUT2D eigenvalue weighted by atomic mass is 10.2. The molecule has 3 nitrogen and oxygen atoms in total. The summed E-state index contributed by atoms with van der Waals surface area (Å²) in [7, 11) is 0. The second-order valence-corrected chi connectivity index (χ2v) is 3.90. The molecule has 0 aliphatic rings. The molecule has 1 amide bonds. The predicted octanol–water partition coefficient (Wildman–Crippen LogP) is 1.58. The monoisotopic (exact) mass is 232 g/mol. The second kappa shape index (κ2) is 7.11. The number of nitrogens with one attached hydrogen (secondary N) is 1. The van der Waals surface area contributed by atoms with Gasteiger partial charge in [0.2, 0.25) is 5.91 Å². The van der Waals surface area contributed by atoms with Crippen molar-refractivity contribution in [3.63, 3.8) is 0 Å². The van der Waals surface area contributed by atoms with Crippen LogP contribution in [0, 0.1) is 11.3 Å². The zero-order valence-electron chi connectivity index (χ0n) is 7.14. The first-order valence-corrected chi connectivity index (χ1v) is 4.88. The fourth-order valence-corrected chi connectivity index (χ4v) is 0.843. The fourth-order valence-electron chi connectivity index (χ4n) is 0.681. The maximum absolute atomic E-state index is 11.0. The number of hydrogen-bond donors (Lipinski definition) is 1. The van der Waals surface area contributed by atoms with E-state index in [0.717, 1.165) is 12.8 Å². The molecule has 0 fully saturated rings. The molecule has 68 valence electrons. The minimum absolute atomic E-state index is 0.00644. The predicted molar refractivity (Wildman–Crippen MR) is 50.9 cm³/mol. The van der Waals surface area contributed by atoms with Crippen LogP contribution in [0.25, 0.3) is 0 Å². The van der Waals surface area contributed by atoms with Crippen molar-refractivity contribution in [3.8, 4) is 6.07 Å². The lowest BCUT2D eigenvalue weighted by Gasteiger charge is -2.04. The van der Waals surface area contributed by atoms with Gasteiger partial charge in [-0.2, -0.15) is 5.26 Å². The minimum atomic E-state index is -0.131. The van der Waals surface area contributed by atoms with E-state index in [0.29, 0.717) is 13.0 Å². The van der Waals surface area contributed by atoms with Crippen molar-refractivity contribution in [3.05, 3.63) is 0 Å². The number of carbonyl (C=O) groups excluding carboxylic acids is 1. The number of nitriles is 1. The van der Waals surface area contributed by atoms with Crippen LogP contribution in [0.5, 0.6) is 0 Å². The smallest absolute Gasteiger partial charge is 0.233 e. The molecule has 1 atom stereocenters. The van der Waals surface area contributed by atoms with E-state index < -0.39 is 0 Å². The van der Waals surface area contributed by atoms with Crippen molar-refractivity contribution >= 4 is 21.8 Å². The van der Waals surface area contributed by atoms with Gasteiger partial charge in [-0.25, -0.2) is 0 Å². The van der Waals surface area contributed by atoms with Crippen molar-refractivity contribution in [1.29, 1.82) is 5.26 Å². The molecule has 4 heteroatoms. The zero-order valence-corrected chi connectivity index (χ0v) is 8.73. The molecule has 0 bridgehead atoms. The SMILES string of the molecule is CC(Br)C(=O)NCCCCC#N. The largest absolute Gasteiger partial charge is 0.355 e. The number of carbonyl (C=O) groups is 1. The van der Waals surface area contributed by atoms with Crippen LogP contribution in [0.2, 0.25) is 0 Å². The molecule has 0 aliphatic heterocycles. The topological polar surface area (TPSA) is 52.9 Å². The average molecular weight is 233 g/mol. The van der Waals surface area contributed by atoms with E-state index in [1.54, 1.807) is 6.92 Å². The van der Waals surface area contributed by atoms with Gasteiger partial charge in [0, 0.05) is 13.0 Å². The van der Waals surface area contributed by atoms with Crippen LogP contribution in [0.3, 0.4) is 0 Å². The van der Waals surface area contributed by atoms with Gasteiger partial charge < -0.3 is 5.32 Å². The quantitative estimate of drug-likeness (QED) is 0.579. The van der Waals surface area contributed by atoms with Crippen LogP contribution >= 0.6 is 15.9 Å². The summed E-state index contributed by atoms with van der Waals surface area (Å²) < 4.78 is 0. The van der Waals surface area contributed by atoms with E-state index >= 15 is 0 Å². The first kappa shape index (κ1) is 11.4. The summed E-state index contributed by atoms with van der Waals surface area (Å²) >= 11 is 3.16. The van der Waals surface area contributed by atoms with Gasteiger partial charge in [0.05, 0.1) is 10.9 Å². The third-order valence-electron chi connectivity index (χ3n) is 1.38. The number of nitrogens with zero attached hydrogens (tertiary/aromatic N) is 1. The first-order chi connectivity index (χ1) is 5.68. The molecule has 0 saturated heterocycles. The average Bonchev–Trinajstić information content (AvgIpc) is 2.03. The number of halogens is 1. The number of unbranched alkanes of at least 4 members (excludes halogenated alkanes) is 2. The van der Waals surface area contributed by atoms with Gasteiger partial charge in [0.25, 0.3) is 0 Å². The van der Waals surface area contributed by atoms with Crippen molar-refractivity contribution in [2.75, 3.05) is 6.54 Å². The highest BCUT2D eigenvalue weighted by Crippen LogP contribution is 1.97. The van der Waals surface area contributed by atoms with Gasteiger partial charge in [-0.15, -0.1) is 0 Å². The Bertz CT molecular complexity index is 174. The van der Waals surface area contributed by atoms with E-state index in [1.807, 2.05) is 0 Å².